The van der Waals surface area contributed by atoms with Crippen LogP contribution in [0.5, 0.6) is 0 Å². The lowest BCUT2D eigenvalue weighted by molar-refractivity contribution is 0.628. The smallest absolute Gasteiger partial charge is 0.123 e. The molecule has 2 rings (SSSR count). The molecule has 0 atom stereocenters. The lowest BCUT2D eigenvalue weighted by Gasteiger charge is -2.00. The average molecular weight is 205 g/mol. The Morgan fingerprint density at radius 1 is 1.00 bits per heavy atom. The molecule has 0 saturated heterocycles. The largest absolute Gasteiger partial charge is 0.346 e. The standard InChI is InChI=1S/C11H8FNS/c12-9-6-4-8(5-7-9)10-2-1-3-11(14)13-10/h1-7H,(H,13,14). The highest BCUT2D eigenvalue weighted by Gasteiger charge is 1.96. The summed E-state index contributed by atoms with van der Waals surface area (Å²) in [4.78, 5) is 3.04. The number of hydrogen-bond donors (Lipinski definition) is 1. The molecule has 0 amide bonds. The van der Waals surface area contributed by atoms with E-state index < -0.39 is 0 Å². The molecule has 1 aromatic heterocycles. The number of aromatic amines is 1. The second kappa shape index (κ2) is 3.72. The van der Waals surface area contributed by atoms with Crippen molar-refractivity contribution in [3.05, 3.63) is 52.9 Å². The van der Waals surface area contributed by atoms with Gasteiger partial charge in [0.2, 0.25) is 0 Å². The van der Waals surface area contributed by atoms with Crippen molar-refractivity contribution in [2.75, 3.05) is 0 Å². The van der Waals surface area contributed by atoms with Crippen LogP contribution in [0, 0.1) is 10.5 Å². The Kier molecular flexibility index (Phi) is 2.41. The van der Waals surface area contributed by atoms with Crippen molar-refractivity contribution in [2.24, 2.45) is 0 Å². The third kappa shape index (κ3) is 1.88. The molecule has 3 heteroatoms. The first-order chi connectivity index (χ1) is 6.75. The molecule has 0 aliphatic rings. The third-order valence-corrected chi connectivity index (χ3v) is 2.16. The summed E-state index contributed by atoms with van der Waals surface area (Å²) in [7, 11) is 0. The molecule has 2 aromatic rings. The van der Waals surface area contributed by atoms with Crippen LogP contribution in [0.15, 0.2) is 42.5 Å². The van der Waals surface area contributed by atoms with E-state index >= 15 is 0 Å². The van der Waals surface area contributed by atoms with Gasteiger partial charge >= 0.3 is 0 Å². The Hall–Kier alpha value is -1.48. The molecule has 14 heavy (non-hydrogen) atoms. The molecule has 0 aliphatic heterocycles. The van der Waals surface area contributed by atoms with E-state index in [1.807, 2.05) is 18.2 Å². The van der Waals surface area contributed by atoms with Crippen molar-refractivity contribution in [2.45, 2.75) is 0 Å². The van der Waals surface area contributed by atoms with Gasteiger partial charge in [0, 0.05) is 5.69 Å². The van der Waals surface area contributed by atoms with Crippen molar-refractivity contribution in [3.8, 4) is 11.3 Å². The monoisotopic (exact) mass is 205 g/mol. The normalized spacial score (nSPS) is 10.1. The summed E-state index contributed by atoms with van der Waals surface area (Å²) in [6, 6.07) is 11.9. The van der Waals surface area contributed by atoms with E-state index in [2.05, 4.69) is 4.98 Å². The Balaban J connectivity index is 2.50. The van der Waals surface area contributed by atoms with Crippen LogP contribution in [-0.2, 0) is 0 Å². The van der Waals surface area contributed by atoms with Gasteiger partial charge in [-0.2, -0.15) is 0 Å². The van der Waals surface area contributed by atoms with Crippen molar-refractivity contribution in [1.29, 1.82) is 0 Å². The fourth-order valence-corrected chi connectivity index (χ4v) is 1.43. The molecule has 70 valence electrons. The van der Waals surface area contributed by atoms with E-state index in [4.69, 9.17) is 12.2 Å². The second-order valence-electron chi connectivity index (χ2n) is 2.94. The number of H-pyrrole nitrogens is 1. The SMILES string of the molecule is Fc1ccc(-c2cccc(=S)[nH]2)cc1. The van der Waals surface area contributed by atoms with Gasteiger partial charge in [0.25, 0.3) is 0 Å². The zero-order chi connectivity index (χ0) is 9.97. The average Bonchev–Trinajstić information content (AvgIpc) is 2.19. The molecule has 0 unspecified atom stereocenters. The molecule has 1 N–H and O–H groups in total. The molecule has 1 nitrogen and oxygen atoms in total. The number of pyridine rings is 1. The number of aromatic nitrogens is 1. The van der Waals surface area contributed by atoms with Crippen LogP contribution in [0.1, 0.15) is 0 Å². The van der Waals surface area contributed by atoms with Crippen LogP contribution >= 0.6 is 12.2 Å². The zero-order valence-corrected chi connectivity index (χ0v) is 8.14. The molecular formula is C11H8FNS. The number of hydrogen-bond acceptors (Lipinski definition) is 1. The Morgan fingerprint density at radius 3 is 2.36 bits per heavy atom. The van der Waals surface area contributed by atoms with E-state index in [0.717, 1.165) is 11.3 Å². The number of benzene rings is 1. The van der Waals surface area contributed by atoms with Gasteiger partial charge < -0.3 is 4.98 Å². The van der Waals surface area contributed by atoms with E-state index in [-0.39, 0.29) is 5.82 Å². The zero-order valence-electron chi connectivity index (χ0n) is 7.33. The number of nitrogens with one attached hydrogen (secondary N) is 1. The predicted molar refractivity (Wildman–Crippen MR) is 57.0 cm³/mol. The quantitative estimate of drug-likeness (QED) is 0.704. The predicted octanol–water partition coefficient (Wildman–Crippen LogP) is 3.55. The van der Waals surface area contributed by atoms with E-state index in [1.165, 1.54) is 12.1 Å². The van der Waals surface area contributed by atoms with Gasteiger partial charge in [-0.3, -0.25) is 0 Å². The highest BCUT2D eigenvalue weighted by atomic mass is 32.1. The van der Waals surface area contributed by atoms with Gasteiger partial charge in [-0.15, -0.1) is 0 Å². The molecule has 0 aliphatic carbocycles. The second-order valence-corrected chi connectivity index (χ2v) is 3.38. The Labute approximate surface area is 86.2 Å². The van der Waals surface area contributed by atoms with Crippen LogP contribution in [0.25, 0.3) is 11.3 Å². The summed E-state index contributed by atoms with van der Waals surface area (Å²) in [6.07, 6.45) is 0. The van der Waals surface area contributed by atoms with Gasteiger partial charge in [0.15, 0.2) is 0 Å². The summed E-state index contributed by atoms with van der Waals surface area (Å²) in [5.41, 5.74) is 1.83. The summed E-state index contributed by atoms with van der Waals surface area (Å²) < 4.78 is 13.3. The summed E-state index contributed by atoms with van der Waals surface area (Å²) in [5, 5.41) is 0. The molecule has 1 heterocycles. The summed E-state index contributed by atoms with van der Waals surface area (Å²) in [5.74, 6) is -0.233. The highest BCUT2D eigenvalue weighted by Crippen LogP contribution is 2.16. The van der Waals surface area contributed by atoms with Gasteiger partial charge in [0.1, 0.15) is 10.5 Å². The Bertz CT molecular complexity index is 487. The third-order valence-electron chi connectivity index (χ3n) is 1.92. The van der Waals surface area contributed by atoms with Crippen LogP contribution in [0.3, 0.4) is 0 Å². The molecule has 1 aromatic carbocycles. The van der Waals surface area contributed by atoms with Crippen molar-refractivity contribution in [3.63, 3.8) is 0 Å². The fourth-order valence-electron chi connectivity index (χ4n) is 1.25. The maximum absolute atomic E-state index is 12.7. The van der Waals surface area contributed by atoms with Crippen molar-refractivity contribution >= 4 is 12.2 Å². The van der Waals surface area contributed by atoms with Crippen molar-refractivity contribution in [1.82, 2.24) is 4.98 Å². The Morgan fingerprint density at radius 2 is 1.71 bits per heavy atom. The summed E-state index contributed by atoms with van der Waals surface area (Å²) in [6.45, 7) is 0. The fraction of sp³-hybridized carbons (Fsp3) is 0. The molecule has 0 radical (unpaired) electrons. The first-order valence-electron chi connectivity index (χ1n) is 4.21. The van der Waals surface area contributed by atoms with Crippen LogP contribution in [0.2, 0.25) is 0 Å². The minimum absolute atomic E-state index is 0.233. The van der Waals surface area contributed by atoms with Gasteiger partial charge in [-0.1, -0.05) is 18.3 Å². The molecule has 0 spiro atoms. The molecular weight excluding hydrogens is 197 g/mol. The van der Waals surface area contributed by atoms with E-state index in [1.54, 1.807) is 12.1 Å². The first kappa shape index (κ1) is 9.09. The molecule has 0 bridgehead atoms. The minimum Gasteiger partial charge on any atom is -0.346 e. The minimum atomic E-state index is -0.233. The van der Waals surface area contributed by atoms with Crippen LogP contribution in [0.4, 0.5) is 4.39 Å². The van der Waals surface area contributed by atoms with E-state index in [9.17, 15) is 4.39 Å². The lowest BCUT2D eigenvalue weighted by Crippen LogP contribution is -1.83. The maximum Gasteiger partial charge on any atom is 0.123 e. The number of halogens is 1. The maximum atomic E-state index is 12.7. The van der Waals surface area contributed by atoms with Crippen molar-refractivity contribution < 1.29 is 4.39 Å². The molecule has 0 fully saturated rings. The van der Waals surface area contributed by atoms with Crippen LogP contribution in [-0.4, -0.2) is 4.98 Å². The van der Waals surface area contributed by atoms with E-state index in [0.29, 0.717) is 4.64 Å². The molecule has 0 saturated carbocycles. The van der Waals surface area contributed by atoms with Gasteiger partial charge in [0.05, 0.1) is 0 Å². The highest BCUT2D eigenvalue weighted by molar-refractivity contribution is 7.71. The topological polar surface area (TPSA) is 15.8 Å². The summed E-state index contributed by atoms with van der Waals surface area (Å²) >= 11 is 5.00. The van der Waals surface area contributed by atoms with Crippen LogP contribution < -0.4 is 0 Å². The first-order valence-corrected chi connectivity index (χ1v) is 4.62. The number of rotatable bonds is 1. The lowest BCUT2D eigenvalue weighted by atomic mass is 10.1. The van der Waals surface area contributed by atoms with Gasteiger partial charge in [-0.25, -0.2) is 4.39 Å². The van der Waals surface area contributed by atoms with Gasteiger partial charge in [-0.05, 0) is 42.0 Å².